The highest BCUT2D eigenvalue weighted by Crippen LogP contribution is 2.21. The van der Waals surface area contributed by atoms with Crippen LogP contribution in [-0.2, 0) is 24.1 Å². The Hall–Kier alpha value is -2.17. The van der Waals surface area contributed by atoms with Gasteiger partial charge < -0.3 is 9.52 Å². The van der Waals surface area contributed by atoms with E-state index >= 15 is 0 Å². The van der Waals surface area contributed by atoms with Crippen molar-refractivity contribution >= 4 is 5.97 Å². The van der Waals surface area contributed by atoms with E-state index in [1.165, 1.54) is 0 Å². The zero-order valence-corrected chi connectivity index (χ0v) is 11.0. The second-order valence-electron chi connectivity index (χ2n) is 4.21. The molecule has 0 atom stereocenters. The number of carboxylic acid groups (broad SMARTS) is 1. The third kappa shape index (κ3) is 2.81. The van der Waals surface area contributed by atoms with Crippen LogP contribution in [0.2, 0.25) is 0 Å². The lowest BCUT2D eigenvalue weighted by molar-refractivity contribution is -0.136. The van der Waals surface area contributed by atoms with Gasteiger partial charge in [0.05, 0.1) is 18.2 Å². The number of hydrogen-bond donors (Lipinski definition) is 1. The summed E-state index contributed by atoms with van der Waals surface area (Å²) in [6.07, 6.45) is 4.50. The molecule has 0 radical (unpaired) electrons. The lowest BCUT2D eigenvalue weighted by Crippen LogP contribution is -2.11. The number of aryl methyl sites for hydroxylation is 2. The number of furan rings is 1. The van der Waals surface area contributed by atoms with Crippen molar-refractivity contribution in [2.45, 2.75) is 33.1 Å². The van der Waals surface area contributed by atoms with Crippen LogP contribution in [0.4, 0.5) is 0 Å². The number of aromatic nitrogens is 2. The van der Waals surface area contributed by atoms with Gasteiger partial charge in [-0.05, 0) is 18.9 Å². The number of carbonyl (C=O) groups is 1. The Morgan fingerprint density at radius 1 is 1.26 bits per heavy atom. The van der Waals surface area contributed by atoms with Crippen molar-refractivity contribution in [1.29, 1.82) is 0 Å². The number of hydrogen-bond acceptors (Lipinski definition) is 4. The van der Waals surface area contributed by atoms with Gasteiger partial charge >= 0.3 is 5.97 Å². The average molecular weight is 260 g/mol. The molecule has 0 amide bonds. The molecule has 5 heteroatoms. The van der Waals surface area contributed by atoms with Gasteiger partial charge in [0.1, 0.15) is 6.26 Å². The normalized spacial score (nSPS) is 10.6. The molecule has 2 heterocycles. The average Bonchev–Trinajstić information content (AvgIpc) is 2.92. The predicted molar refractivity (Wildman–Crippen MR) is 69.8 cm³/mol. The Kier molecular flexibility index (Phi) is 3.94. The van der Waals surface area contributed by atoms with E-state index in [9.17, 15) is 4.79 Å². The molecule has 0 saturated heterocycles. The van der Waals surface area contributed by atoms with Crippen molar-refractivity contribution in [2.75, 3.05) is 0 Å². The lowest BCUT2D eigenvalue weighted by Gasteiger charge is -2.11. The minimum absolute atomic E-state index is 0.0297. The molecule has 0 unspecified atom stereocenters. The molecule has 1 N–H and O–H groups in total. The Labute approximate surface area is 111 Å². The fraction of sp³-hybridized carbons (Fsp3) is 0.357. The highest BCUT2D eigenvalue weighted by atomic mass is 16.4. The van der Waals surface area contributed by atoms with Gasteiger partial charge in [0.25, 0.3) is 0 Å². The van der Waals surface area contributed by atoms with Crippen molar-refractivity contribution in [3.05, 3.63) is 35.5 Å². The maximum atomic E-state index is 10.9. The van der Waals surface area contributed by atoms with E-state index in [-0.39, 0.29) is 6.42 Å². The minimum Gasteiger partial charge on any atom is -0.481 e. The van der Waals surface area contributed by atoms with Crippen molar-refractivity contribution in [3.63, 3.8) is 0 Å². The van der Waals surface area contributed by atoms with Gasteiger partial charge in [-0.1, -0.05) is 13.8 Å². The van der Waals surface area contributed by atoms with Crippen molar-refractivity contribution in [2.24, 2.45) is 0 Å². The SMILES string of the molecule is CCc1nc(-c2ccoc2)nc(CC)c1CC(=O)O. The van der Waals surface area contributed by atoms with Crippen LogP contribution in [-0.4, -0.2) is 21.0 Å². The van der Waals surface area contributed by atoms with E-state index in [2.05, 4.69) is 9.97 Å². The van der Waals surface area contributed by atoms with Gasteiger partial charge in [-0.25, -0.2) is 9.97 Å². The molecule has 2 aromatic rings. The van der Waals surface area contributed by atoms with Gasteiger partial charge in [-0.3, -0.25) is 4.79 Å². The molecule has 0 aromatic carbocycles. The first-order valence-electron chi connectivity index (χ1n) is 6.28. The zero-order valence-electron chi connectivity index (χ0n) is 11.0. The van der Waals surface area contributed by atoms with E-state index < -0.39 is 5.97 Å². The standard InChI is InChI=1S/C14H16N2O3/c1-3-11-10(7-13(17)18)12(4-2)16-14(15-11)9-5-6-19-8-9/h5-6,8H,3-4,7H2,1-2H3,(H,17,18). The van der Waals surface area contributed by atoms with Crippen molar-refractivity contribution in [3.8, 4) is 11.4 Å². The number of aliphatic carboxylic acids is 1. The number of nitrogens with zero attached hydrogens (tertiary/aromatic N) is 2. The number of carboxylic acids is 1. The van der Waals surface area contributed by atoms with E-state index in [0.717, 1.165) is 22.5 Å². The van der Waals surface area contributed by atoms with Crippen LogP contribution in [0.15, 0.2) is 23.0 Å². The Morgan fingerprint density at radius 3 is 2.32 bits per heavy atom. The maximum absolute atomic E-state index is 10.9. The molecule has 19 heavy (non-hydrogen) atoms. The topological polar surface area (TPSA) is 76.2 Å². The minimum atomic E-state index is -0.857. The molecule has 100 valence electrons. The molecule has 5 nitrogen and oxygen atoms in total. The fourth-order valence-electron chi connectivity index (χ4n) is 2.04. The van der Waals surface area contributed by atoms with Crippen LogP contribution < -0.4 is 0 Å². The van der Waals surface area contributed by atoms with Gasteiger partial charge in [0.15, 0.2) is 5.82 Å². The summed E-state index contributed by atoms with van der Waals surface area (Å²) < 4.78 is 5.04. The summed E-state index contributed by atoms with van der Waals surface area (Å²) in [5.41, 5.74) is 3.15. The van der Waals surface area contributed by atoms with Gasteiger partial charge in [-0.15, -0.1) is 0 Å². The Morgan fingerprint density at radius 2 is 1.89 bits per heavy atom. The Balaban J connectivity index is 2.54. The molecule has 0 saturated carbocycles. The largest absolute Gasteiger partial charge is 0.481 e. The molecule has 2 aromatic heterocycles. The molecule has 0 bridgehead atoms. The third-order valence-electron chi connectivity index (χ3n) is 2.96. The maximum Gasteiger partial charge on any atom is 0.307 e. The quantitative estimate of drug-likeness (QED) is 0.893. The van der Waals surface area contributed by atoms with Crippen molar-refractivity contribution < 1.29 is 14.3 Å². The Bertz CT molecular complexity index is 551. The molecule has 2 rings (SSSR count). The van der Waals surface area contributed by atoms with E-state index in [4.69, 9.17) is 9.52 Å². The molecular weight excluding hydrogens is 244 g/mol. The van der Waals surface area contributed by atoms with Crippen LogP contribution in [0, 0.1) is 0 Å². The van der Waals surface area contributed by atoms with E-state index in [0.29, 0.717) is 18.7 Å². The second-order valence-corrected chi connectivity index (χ2v) is 4.21. The molecule has 0 aliphatic heterocycles. The van der Waals surface area contributed by atoms with Gasteiger partial charge in [0.2, 0.25) is 0 Å². The summed E-state index contributed by atoms with van der Waals surface area (Å²) in [6.45, 7) is 3.93. The van der Waals surface area contributed by atoms with E-state index in [1.807, 2.05) is 13.8 Å². The first-order valence-corrected chi connectivity index (χ1v) is 6.28. The lowest BCUT2D eigenvalue weighted by atomic mass is 10.0. The summed E-state index contributed by atoms with van der Waals surface area (Å²) >= 11 is 0. The highest BCUT2D eigenvalue weighted by Gasteiger charge is 2.16. The van der Waals surface area contributed by atoms with Crippen LogP contribution in [0.5, 0.6) is 0 Å². The second kappa shape index (κ2) is 5.65. The first-order chi connectivity index (χ1) is 9.15. The molecular formula is C14H16N2O3. The van der Waals surface area contributed by atoms with Crippen LogP contribution in [0.25, 0.3) is 11.4 Å². The molecule has 0 aliphatic rings. The molecule has 0 spiro atoms. The van der Waals surface area contributed by atoms with Gasteiger partial charge in [0, 0.05) is 17.0 Å². The third-order valence-corrected chi connectivity index (χ3v) is 2.96. The summed E-state index contributed by atoms with van der Waals surface area (Å²) in [6, 6.07) is 1.80. The van der Waals surface area contributed by atoms with Crippen LogP contribution in [0.3, 0.4) is 0 Å². The van der Waals surface area contributed by atoms with Crippen molar-refractivity contribution in [1.82, 2.24) is 9.97 Å². The highest BCUT2D eigenvalue weighted by molar-refractivity contribution is 5.71. The first kappa shape index (κ1) is 13.3. The number of rotatable bonds is 5. The summed E-state index contributed by atoms with van der Waals surface area (Å²) in [7, 11) is 0. The van der Waals surface area contributed by atoms with Gasteiger partial charge in [-0.2, -0.15) is 0 Å². The smallest absolute Gasteiger partial charge is 0.307 e. The summed E-state index contributed by atoms with van der Waals surface area (Å²) in [4.78, 5) is 19.9. The molecule has 0 aliphatic carbocycles. The van der Waals surface area contributed by atoms with Crippen LogP contribution in [0.1, 0.15) is 30.8 Å². The van der Waals surface area contributed by atoms with Crippen LogP contribution >= 0.6 is 0 Å². The summed E-state index contributed by atoms with van der Waals surface area (Å²) in [5.74, 6) is -0.263. The van der Waals surface area contributed by atoms with E-state index in [1.54, 1.807) is 18.6 Å². The zero-order chi connectivity index (χ0) is 13.8. The monoisotopic (exact) mass is 260 g/mol. The summed E-state index contributed by atoms with van der Waals surface area (Å²) in [5, 5.41) is 8.99. The molecule has 0 fully saturated rings. The predicted octanol–water partition coefficient (Wildman–Crippen LogP) is 2.49. The fourth-order valence-corrected chi connectivity index (χ4v) is 2.04.